The quantitative estimate of drug-likeness (QED) is 0.348. The highest BCUT2D eigenvalue weighted by molar-refractivity contribution is 9.10. The number of rotatable bonds is 5. The number of halogens is 2. The summed E-state index contributed by atoms with van der Waals surface area (Å²) in [5, 5.41) is 2.89. The van der Waals surface area contributed by atoms with Gasteiger partial charge in [0, 0.05) is 28.1 Å². The van der Waals surface area contributed by atoms with Gasteiger partial charge in [-0.1, -0.05) is 0 Å². The topological polar surface area (TPSA) is 77.2 Å². The van der Waals surface area contributed by atoms with Gasteiger partial charge < -0.3 is 14.5 Å². The van der Waals surface area contributed by atoms with Gasteiger partial charge in [-0.3, -0.25) is 9.78 Å². The van der Waals surface area contributed by atoms with Crippen LogP contribution in [0.2, 0.25) is 0 Å². The highest BCUT2D eigenvalue weighted by Crippen LogP contribution is 2.28. The lowest BCUT2D eigenvalue weighted by atomic mass is 10.2. The van der Waals surface area contributed by atoms with E-state index < -0.39 is 0 Å². The van der Waals surface area contributed by atoms with Gasteiger partial charge in [0.25, 0.3) is 5.91 Å². The number of nitrogens with one attached hydrogen (secondary N) is 1. The molecule has 1 N–H and O–H groups in total. The van der Waals surface area contributed by atoms with Crippen molar-refractivity contribution in [2.24, 2.45) is 0 Å². The highest BCUT2D eigenvalue weighted by atomic mass is 79.9. The highest BCUT2D eigenvalue weighted by Gasteiger charge is 2.13. The molecule has 0 saturated carbocycles. The molecule has 1 amide bonds. The summed E-state index contributed by atoms with van der Waals surface area (Å²) in [5.74, 6) is 0.934. The molecule has 0 atom stereocenters. The number of anilines is 1. The molecular formula is C21H15Br2N3O3. The summed E-state index contributed by atoms with van der Waals surface area (Å²) in [6.45, 7) is 2.46. The first kappa shape index (κ1) is 19.6. The van der Waals surface area contributed by atoms with Gasteiger partial charge in [-0.15, -0.1) is 0 Å². The number of aromatic nitrogens is 2. The van der Waals surface area contributed by atoms with Crippen molar-refractivity contribution < 1.29 is 13.9 Å². The normalized spacial score (nSPS) is 10.9. The van der Waals surface area contributed by atoms with Crippen LogP contribution in [0.5, 0.6) is 5.75 Å². The summed E-state index contributed by atoms with van der Waals surface area (Å²) < 4.78 is 12.8. The van der Waals surface area contributed by atoms with Crippen LogP contribution in [0.4, 0.5) is 5.69 Å². The Hall–Kier alpha value is -2.71. The minimum Gasteiger partial charge on any atom is -0.493 e. The van der Waals surface area contributed by atoms with Crippen molar-refractivity contribution in [1.82, 2.24) is 9.97 Å². The lowest BCUT2D eigenvalue weighted by Crippen LogP contribution is -2.12. The van der Waals surface area contributed by atoms with Crippen LogP contribution in [-0.4, -0.2) is 22.5 Å². The van der Waals surface area contributed by atoms with Crippen molar-refractivity contribution in [3.8, 4) is 17.2 Å². The summed E-state index contributed by atoms with van der Waals surface area (Å²) in [6, 6.07) is 12.4. The van der Waals surface area contributed by atoms with Crippen molar-refractivity contribution in [2.45, 2.75) is 6.92 Å². The van der Waals surface area contributed by atoms with Gasteiger partial charge in [0.2, 0.25) is 5.89 Å². The van der Waals surface area contributed by atoms with Gasteiger partial charge in [0.1, 0.15) is 11.3 Å². The average Bonchev–Trinajstić information content (AvgIpc) is 3.13. The van der Waals surface area contributed by atoms with Gasteiger partial charge in [0.05, 0.1) is 16.6 Å². The summed E-state index contributed by atoms with van der Waals surface area (Å²) in [4.78, 5) is 21.2. The van der Waals surface area contributed by atoms with Crippen molar-refractivity contribution >= 4 is 54.6 Å². The standard InChI is InChI=1S/C21H15Br2N3O3/c1-2-28-18-5-3-12(8-16(18)23)20(27)25-15-4-6-19-17(9-15)26-21(29-19)13-7-14(22)11-24-10-13/h3-11H,2H2,1H3,(H,25,27). The molecule has 146 valence electrons. The van der Waals surface area contributed by atoms with Crippen LogP contribution < -0.4 is 10.1 Å². The van der Waals surface area contributed by atoms with Crippen LogP contribution in [-0.2, 0) is 0 Å². The van der Waals surface area contributed by atoms with Crippen molar-refractivity contribution in [3.63, 3.8) is 0 Å². The van der Waals surface area contributed by atoms with E-state index in [-0.39, 0.29) is 5.91 Å². The van der Waals surface area contributed by atoms with Crippen LogP contribution >= 0.6 is 31.9 Å². The zero-order valence-corrected chi connectivity index (χ0v) is 18.5. The van der Waals surface area contributed by atoms with Crippen LogP contribution in [0.15, 0.2) is 68.2 Å². The first-order chi connectivity index (χ1) is 14.0. The summed E-state index contributed by atoms with van der Waals surface area (Å²) in [5.41, 5.74) is 3.18. The second-order valence-electron chi connectivity index (χ2n) is 6.13. The van der Waals surface area contributed by atoms with E-state index in [0.717, 1.165) is 14.5 Å². The van der Waals surface area contributed by atoms with Crippen LogP contribution in [0.3, 0.4) is 0 Å². The molecule has 0 unspecified atom stereocenters. The van der Waals surface area contributed by atoms with Crippen LogP contribution in [0.25, 0.3) is 22.6 Å². The Morgan fingerprint density at radius 2 is 2.00 bits per heavy atom. The lowest BCUT2D eigenvalue weighted by Gasteiger charge is -2.09. The maximum atomic E-state index is 12.6. The SMILES string of the molecule is CCOc1ccc(C(=O)Nc2ccc3oc(-c4cncc(Br)c4)nc3c2)cc1Br. The largest absolute Gasteiger partial charge is 0.493 e. The monoisotopic (exact) mass is 515 g/mol. The number of carbonyl (C=O) groups excluding carboxylic acids is 1. The summed E-state index contributed by atoms with van der Waals surface area (Å²) in [6.07, 6.45) is 3.38. The Morgan fingerprint density at radius 3 is 2.76 bits per heavy atom. The third-order valence-electron chi connectivity index (χ3n) is 4.09. The van der Waals surface area contributed by atoms with E-state index in [1.165, 1.54) is 0 Å². The predicted octanol–water partition coefficient (Wildman–Crippen LogP) is 6.07. The van der Waals surface area contributed by atoms with E-state index >= 15 is 0 Å². The summed E-state index contributed by atoms with van der Waals surface area (Å²) >= 11 is 6.82. The lowest BCUT2D eigenvalue weighted by molar-refractivity contribution is 0.102. The number of pyridine rings is 1. The molecule has 0 aliphatic carbocycles. The number of ether oxygens (including phenoxy) is 1. The van der Waals surface area contributed by atoms with E-state index in [1.807, 2.05) is 13.0 Å². The van der Waals surface area contributed by atoms with E-state index in [9.17, 15) is 4.79 Å². The summed E-state index contributed by atoms with van der Waals surface area (Å²) in [7, 11) is 0. The number of carbonyl (C=O) groups is 1. The molecule has 2 aromatic carbocycles. The maximum absolute atomic E-state index is 12.6. The number of nitrogens with zero attached hydrogens (tertiary/aromatic N) is 2. The first-order valence-corrected chi connectivity index (χ1v) is 10.4. The molecule has 4 aromatic rings. The fourth-order valence-electron chi connectivity index (χ4n) is 2.78. The van der Waals surface area contributed by atoms with Crippen molar-refractivity contribution in [1.29, 1.82) is 0 Å². The average molecular weight is 517 g/mol. The molecule has 0 radical (unpaired) electrons. The molecular weight excluding hydrogens is 502 g/mol. The van der Waals surface area contributed by atoms with E-state index in [0.29, 0.717) is 40.6 Å². The molecule has 6 nitrogen and oxygen atoms in total. The molecule has 4 rings (SSSR count). The van der Waals surface area contributed by atoms with Crippen molar-refractivity contribution in [3.05, 3.63) is 69.4 Å². The molecule has 0 aliphatic heterocycles. The molecule has 0 aliphatic rings. The Morgan fingerprint density at radius 1 is 1.14 bits per heavy atom. The van der Waals surface area contributed by atoms with Gasteiger partial charge in [0.15, 0.2) is 5.58 Å². The van der Waals surface area contributed by atoms with Crippen molar-refractivity contribution in [2.75, 3.05) is 11.9 Å². The van der Waals surface area contributed by atoms with E-state index in [4.69, 9.17) is 9.15 Å². The number of hydrogen-bond acceptors (Lipinski definition) is 5. The Bertz CT molecular complexity index is 1210. The molecule has 0 saturated heterocycles. The fraction of sp³-hybridized carbons (Fsp3) is 0.0952. The second kappa shape index (κ2) is 8.34. The fourth-order valence-corrected chi connectivity index (χ4v) is 3.63. The second-order valence-corrected chi connectivity index (χ2v) is 7.90. The number of oxazole rings is 1. The minimum atomic E-state index is -0.229. The minimum absolute atomic E-state index is 0.229. The smallest absolute Gasteiger partial charge is 0.255 e. The number of fused-ring (bicyclic) bond motifs is 1. The Kier molecular flexibility index (Phi) is 5.64. The number of amides is 1. The first-order valence-electron chi connectivity index (χ1n) is 8.78. The Labute approximate surface area is 183 Å². The number of hydrogen-bond donors (Lipinski definition) is 1. The van der Waals surface area contributed by atoms with Gasteiger partial charge in [-0.2, -0.15) is 0 Å². The third-order valence-corrected chi connectivity index (χ3v) is 5.14. The van der Waals surface area contributed by atoms with Gasteiger partial charge in [-0.25, -0.2) is 4.98 Å². The molecule has 29 heavy (non-hydrogen) atoms. The number of benzene rings is 2. The Balaban J connectivity index is 1.57. The third kappa shape index (κ3) is 4.33. The zero-order valence-electron chi connectivity index (χ0n) is 15.3. The van der Waals surface area contributed by atoms with Crippen LogP contribution in [0.1, 0.15) is 17.3 Å². The molecule has 2 heterocycles. The van der Waals surface area contributed by atoms with E-state index in [1.54, 1.807) is 48.8 Å². The van der Waals surface area contributed by atoms with Crippen LogP contribution in [0, 0.1) is 0 Å². The van der Waals surface area contributed by atoms with E-state index in [2.05, 4.69) is 47.1 Å². The molecule has 0 fully saturated rings. The molecule has 0 spiro atoms. The molecule has 8 heteroatoms. The van der Waals surface area contributed by atoms with Gasteiger partial charge >= 0.3 is 0 Å². The zero-order chi connectivity index (χ0) is 20.4. The van der Waals surface area contributed by atoms with Gasteiger partial charge in [-0.05, 0) is 81.2 Å². The molecule has 2 aromatic heterocycles. The molecule has 0 bridgehead atoms. The predicted molar refractivity (Wildman–Crippen MR) is 118 cm³/mol. The maximum Gasteiger partial charge on any atom is 0.255 e.